The van der Waals surface area contributed by atoms with E-state index in [1.165, 1.54) is 37.1 Å². The molecule has 1 aromatic carbocycles. The molecule has 138 valence electrons. The number of nitrogens with zero attached hydrogens (tertiary/aromatic N) is 4. The lowest BCUT2D eigenvalue weighted by Crippen LogP contribution is -2.60. The molecule has 2 aromatic rings. The van der Waals surface area contributed by atoms with Crippen molar-refractivity contribution < 1.29 is 4.42 Å². The van der Waals surface area contributed by atoms with Gasteiger partial charge in [0.25, 0.3) is 0 Å². The topological polar surface area (TPSA) is 45.4 Å². The number of hydrogen-bond acceptors (Lipinski definition) is 5. The van der Waals surface area contributed by atoms with Crippen LogP contribution < -0.4 is 0 Å². The molecule has 0 aliphatic carbocycles. The molecule has 4 aliphatic rings. The van der Waals surface area contributed by atoms with Crippen LogP contribution in [0.5, 0.6) is 0 Å². The van der Waals surface area contributed by atoms with Crippen molar-refractivity contribution in [2.45, 2.75) is 57.7 Å². The van der Waals surface area contributed by atoms with E-state index in [2.05, 4.69) is 58.1 Å². The average molecular weight is 352 g/mol. The minimum atomic E-state index is 0.581. The molecule has 0 unspecified atom stereocenters. The number of rotatable bonds is 4. The van der Waals surface area contributed by atoms with Crippen LogP contribution in [-0.4, -0.2) is 51.7 Å². The lowest BCUT2D eigenvalue weighted by Gasteiger charge is -2.51. The molecule has 4 aliphatic heterocycles. The van der Waals surface area contributed by atoms with E-state index in [4.69, 9.17) is 4.42 Å². The van der Waals surface area contributed by atoms with Crippen LogP contribution in [0.4, 0.5) is 0 Å². The van der Waals surface area contributed by atoms with Gasteiger partial charge in [0.15, 0.2) is 0 Å². The third-order valence-corrected chi connectivity index (χ3v) is 6.75. The van der Waals surface area contributed by atoms with Crippen molar-refractivity contribution >= 4 is 0 Å². The lowest BCUT2D eigenvalue weighted by molar-refractivity contribution is -0.0106. The monoisotopic (exact) mass is 352 g/mol. The molecule has 0 saturated carbocycles. The second kappa shape index (κ2) is 6.46. The van der Waals surface area contributed by atoms with Gasteiger partial charge >= 0.3 is 0 Å². The minimum absolute atomic E-state index is 0.581. The van der Waals surface area contributed by atoms with Crippen LogP contribution in [0.2, 0.25) is 0 Å². The Morgan fingerprint density at radius 2 is 1.77 bits per heavy atom. The minimum Gasteiger partial charge on any atom is -0.424 e. The number of likely N-dealkylation sites (tertiary alicyclic amines) is 1. The van der Waals surface area contributed by atoms with Crippen LogP contribution >= 0.6 is 0 Å². The highest BCUT2D eigenvalue weighted by Crippen LogP contribution is 2.46. The predicted octanol–water partition coefficient (Wildman–Crippen LogP) is 3.00. The van der Waals surface area contributed by atoms with Gasteiger partial charge in [0.2, 0.25) is 11.8 Å². The fourth-order valence-corrected chi connectivity index (χ4v) is 5.50. The Hall–Kier alpha value is -1.72. The molecule has 0 amide bonds. The first-order chi connectivity index (χ1) is 12.7. The van der Waals surface area contributed by atoms with Gasteiger partial charge < -0.3 is 4.42 Å². The zero-order valence-corrected chi connectivity index (χ0v) is 15.8. The van der Waals surface area contributed by atoms with E-state index in [-0.39, 0.29) is 0 Å². The molecular weight excluding hydrogens is 324 g/mol. The Kier molecular flexibility index (Phi) is 4.09. The van der Waals surface area contributed by atoms with Crippen molar-refractivity contribution in [3.05, 3.63) is 47.2 Å². The summed E-state index contributed by atoms with van der Waals surface area (Å²) in [4.78, 5) is 5.39. The highest BCUT2D eigenvalue weighted by Gasteiger charge is 2.53. The molecule has 0 radical (unpaired) electrons. The van der Waals surface area contributed by atoms with E-state index in [1.54, 1.807) is 0 Å². The van der Waals surface area contributed by atoms with E-state index in [0.717, 1.165) is 37.2 Å². The van der Waals surface area contributed by atoms with Gasteiger partial charge in [0.05, 0.1) is 6.54 Å². The number of piperidine rings is 3. The lowest BCUT2D eigenvalue weighted by atomic mass is 9.75. The summed E-state index contributed by atoms with van der Waals surface area (Å²) in [6, 6.07) is 10.5. The summed E-state index contributed by atoms with van der Waals surface area (Å²) in [5, 5.41) is 8.45. The van der Waals surface area contributed by atoms with Crippen molar-refractivity contribution in [2.75, 3.05) is 19.6 Å². The molecule has 2 bridgehead atoms. The van der Waals surface area contributed by atoms with Crippen molar-refractivity contribution in [1.82, 2.24) is 20.0 Å². The Balaban J connectivity index is 1.45. The molecule has 26 heavy (non-hydrogen) atoms. The van der Waals surface area contributed by atoms with Crippen molar-refractivity contribution in [3.8, 4) is 0 Å². The summed E-state index contributed by atoms with van der Waals surface area (Å²) in [5.41, 5.74) is 2.82. The van der Waals surface area contributed by atoms with Gasteiger partial charge in [0.1, 0.15) is 0 Å². The van der Waals surface area contributed by atoms with E-state index in [9.17, 15) is 0 Å². The Morgan fingerprint density at radius 1 is 1.04 bits per heavy atom. The SMILES string of the molecule is CCc1nnc(CN2C[C@@H](c3ccc(C)cc3)[C@@H]3[C@H]2C2CCN3CC2)o1. The number of fused-ring (bicyclic) bond motifs is 2. The third kappa shape index (κ3) is 2.69. The molecule has 0 N–H and O–H groups in total. The van der Waals surface area contributed by atoms with Crippen LogP contribution in [0.15, 0.2) is 28.7 Å². The van der Waals surface area contributed by atoms with Gasteiger partial charge in [-0.05, 0) is 44.3 Å². The largest absolute Gasteiger partial charge is 0.424 e. The van der Waals surface area contributed by atoms with E-state index in [1.807, 2.05) is 0 Å². The first-order valence-electron chi connectivity index (χ1n) is 10.1. The summed E-state index contributed by atoms with van der Waals surface area (Å²) in [7, 11) is 0. The molecule has 1 aromatic heterocycles. The molecule has 5 nitrogen and oxygen atoms in total. The molecule has 6 rings (SSSR count). The van der Waals surface area contributed by atoms with Crippen LogP contribution in [0.25, 0.3) is 0 Å². The summed E-state index contributed by atoms with van der Waals surface area (Å²) in [5.74, 6) is 2.92. The van der Waals surface area contributed by atoms with Gasteiger partial charge in [-0.2, -0.15) is 0 Å². The van der Waals surface area contributed by atoms with E-state index < -0.39 is 0 Å². The quantitative estimate of drug-likeness (QED) is 0.846. The zero-order chi connectivity index (χ0) is 17.7. The molecule has 5 heterocycles. The second-order valence-electron chi connectivity index (χ2n) is 8.24. The Labute approximate surface area is 155 Å². The number of hydrogen-bond donors (Lipinski definition) is 0. The van der Waals surface area contributed by atoms with E-state index in [0.29, 0.717) is 18.0 Å². The van der Waals surface area contributed by atoms with Gasteiger partial charge in [-0.15, -0.1) is 10.2 Å². The van der Waals surface area contributed by atoms with Gasteiger partial charge in [0, 0.05) is 31.0 Å². The Morgan fingerprint density at radius 3 is 2.46 bits per heavy atom. The molecule has 5 heteroatoms. The normalized spacial score (nSPS) is 33.5. The molecule has 0 spiro atoms. The maximum atomic E-state index is 5.83. The summed E-state index contributed by atoms with van der Waals surface area (Å²) < 4.78 is 5.83. The van der Waals surface area contributed by atoms with Crippen molar-refractivity contribution in [3.63, 3.8) is 0 Å². The smallest absolute Gasteiger partial charge is 0.230 e. The number of benzene rings is 1. The average Bonchev–Trinajstić information content (AvgIpc) is 3.30. The van der Waals surface area contributed by atoms with Gasteiger partial charge in [-0.25, -0.2) is 0 Å². The van der Waals surface area contributed by atoms with Crippen LogP contribution in [-0.2, 0) is 13.0 Å². The van der Waals surface area contributed by atoms with Crippen LogP contribution in [0, 0.1) is 12.8 Å². The molecule has 4 fully saturated rings. The first kappa shape index (κ1) is 16.5. The van der Waals surface area contributed by atoms with Crippen molar-refractivity contribution in [2.24, 2.45) is 5.92 Å². The fraction of sp³-hybridized carbons (Fsp3) is 0.619. The summed E-state index contributed by atoms with van der Waals surface area (Å²) in [6.07, 6.45) is 3.48. The molecule has 3 atom stereocenters. The highest BCUT2D eigenvalue weighted by atomic mass is 16.4. The maximum absolute atomic E-state index is 5.83. The summed E-state index contributed by atoms with van der Waals surface area (Å²) in [6.45, 7) is 8.64. The first-order valence-corrected chi connectivity index (χ1v) is 10.1. The van der Waals surface area contributed by atoms with Gasteiger partial charge in [-0.3, -0.25) is 9.80 Å². The van der Waals surface area contributed by atoms with E-state index >= 15 is 0 Å². The maximum Gasteiger partial charge on any atom is 0.230 e. The highest BCUT2D eigenvalue weighted by molar-refractivity contribution is 5.29. The number of aryl methyl sites for hydroxylation is 2. The zero-order valence-electron chi connectivity index (χ0n) is 15.8. The fourth-order valence-electron chi connectivity index (χ4n) is 5.50. The van der Waals surface area contributed by atoms with Crippen molar-refractivity contribution in [1.29, 1.82) is 0 Å². The van der Waals surface area contributed by atoms with Gasteiger partial charge in [-0.1, -0.05) is 36.8 Å². The number of aromatic nitrogens is 2. The van der Waals surface area contributed by atoms with Crippen LogP contribution in [0.1, 0.15) is 48.6 Å². The summed E-state index contributed by atoms with van der Waals surface area (Å²) >= 11 is 0. The van der Waals surface area contributed by atoms with Crippen LogP contribution in [0.3, 0.4) is 0 Å². The molecular formula is C21H28N4O. The molecule has 4 saturated heterocycles. The second-order valence-corrected chi connectivity index (χ2v) is 8.24. The third-order valence-electron chi connectivity index (χ3n) is 6.75. The Bertz CT molecular complexity index is 763. The standard InChI is InChI=1S/C21H28N4O/c1-3-18-22-23-19(26-18)13-25-12-17(15-6-4-14(2)5-7-15)21-20(25)16-8-10-24(21)11-9-16/h4-7,16-17,20-21H,3,8-13H2,1-2H3/t17-,20+,21+/m0/s1. The predicted molar refractivity (Wildman–Crippen MR) is 99.9 cm³/mol.